The van der Waals surface area contributed by atoms with Crippen molar-refractivity contribution in [3.05, 3.63) is 70.6 Å². The van der Waals surface area contributed by atoms with E-state index in [-0.39, 0.29) is 11.9 Å². The summed E-state index contributed by atoms with van der Waals surface area (Å²) in [5.74, 6) is -0.253. The van der Waals surface area contributed by atoms with Crippen LogP contribution >= 0.6 is 11.6 Å². The minimum absolute atomic E-state index is 0.138. The molecule has 0 radical (unpaired) electrons. The van der Waals surface area contributed by atoms with E-state index in [9.17, 15) is 12.8 Å². The van der Waals surface area contributed by atoms with Gasteiger partial charge in [-0.1, -0.05) is 23.7 Å². The van der Waals surface area contributed by atoms with Gasteiger partial charge < -0.3 is 4.98 Å². The number of hydrogen-bond donors (Lipinski definition) is 1. The Kier molecular flexibility index (Phi) is 6.18. The number of benzene rings is 2. The van der Waals surface area contributed by atoms with Crippen molar-refractivity contribution in [2.45, 2.75) is 32.9 Å². The van der Waals surface area contributed by atoms with Crippen LogP contribution in [0.25, 0.3) is 16.5 Å². The Morgan fingerprint density at radius 3 is 2.71 bits per heavy atom. The second-order valence-electron chi connectivity index (χ2n) is 9.16. The molecule has 1 aromatic heterocycles. The van der Waals surface area contributed by atoms with E-state index in [2.05, 4.69) is 16.0 Å². The van der Waals surface area contributed by atoms with Crippen LogP contribution in [-0.4, -0.2) is 54.8 Å². The zero-order valence-corrected chi connectivity index (χ0v) is 20.8. The molecule has 5 rings (SSSR count). The van der Waals surface area contributed by atoms with Crippen LogP contribution in [0.15, 0.2) is 48.7 Å². The van der Waals surface area contributed by atoms with Crippen LogP contribution < -0.4 is 4.31 Å². The van der Waals surface area contributed by atoms with E-state index in [1.807, 2.05) is 38.2 Å². The summed E-state index contributed by atoms with van der Waals surface area (Å²) in [6.45, 7) is 6.67. The number of aromatic amines is 1. The Morgan fingerprint density at radius 1 is 1.15 bits per heavy atom. The molecular weight excluding hydrogens is 475 g/mol. The number of nitrogens with one attached hydrogen (secondary N) is 1. The Morgan fingerprint density at radius 2 is 1.97 bits per heavy atom. The van der Waals surface area contributed by atoms with E-state index in [0.29, 0.717) is 30.3 Å². The van der Waals surface area contributed by atoms with Crippen LogP contribution in [-0.2, 0) is 16.8 Å². The third-order valence-corrected chi connectivity index (χ3v) is 9.01. The van der Waals surface area contributed by atoms with E-state index in [4.69, 9.17) is 11.6 Å². The van der Waals surface area contributed by atoms with Crippen LogP contribution in [0, 0.1) is 5.82 Å². The fourth-order valence-corrected chi connectivity index (χ4v) is 6.83. The summed E-state index contributed by atoms with van der Waals surface area (Å²) in [4.78, 5) is 5.41. The Hall–Kier alpha value is -2.39. The summed E-state index contributed by atoms with van der Waals surface area (Å²) in [7, 11) is -3.64. The molecule has 34 heavy (non-hydrogen) atoms. The molecule has 0 bridgehead atoms. The molecule has 2 aliphatic heterocycles. The number of H-pyrrole nitrogens is 1. The molecule has 0 amide bonds. The fourth-order valence-electron chi connectivity index (χ4n) is 4.84. The Balaban J connectivity index is 1.33. The van der Waals surface area contributed by atoms with Crippen LogP contribution in [0.4, 0.5) is 10.1 Å². The molecule has 0 fully saturated rings. The van der Waals surface area contributed by atoms with Crippen LogP contribution in [0.2, 0.25) is 5.02 Å². The molecule has 1 N–H and O–H groups in total. The lowest BCUT2D eigenvalue weighted by Crippen LogP contribution is -2.52. The fraction of sp³-hybridized carbons (Fsp3) is 0.360. The first-order valence-electron chi connectivity index (χ1n) is 11.5. The van der Waals surface area contributed by atoms with Crippen molar-refractivity contribution in [2.24, 2.45) is 0 Å². The van der Waals surface area contributed by atoms with Crippen molar-refractivity contribution in [2.75, 3.05) is 30.5 Å². The number of halogens is 2. The molecule has 0 spiro atoms. The molecule has 3 heterocycles. The first-order chi connectivity index (χ1) is 16.2. The highest BCUT2D eigenvalue weighted by Crippen LogP contribution is 2.35. The number of anilines is 1. The molecule has 0 saturated heterocycles. The van der Waals surface area contributed by atoms with E-state index in [1.165, 1.54) is 26.3 Å². The van der Waals surface area contributed by atoms with Gasteiger partial charge in [0.15, 0.2) is 0 Å². The van der Waals surface area contributed by atoms with Crippen molar-refractivity contribution in [1.29, 1.82) is 0 Å². The van der Waals surface area contributed by atoms with E-state index in [1.54, 1.807) is 6.07 Å². The zero-order valence-electron chi connectivity index (χ0n) is 19.3. The van der Waals surface area contributed by atoms with Crippen LogP contribution in [0.1, 0.15) is 31.4 Å². The predicted octanol–water partition coefficient (Wildman–Crippen LogP) is 5.02. The van der Waals surface area contributed by atoms with Gasteiger partial charge in [0, 0.05) is 66.5 Å². The lowest BCUT2D eigenvalue weighted by Gasteiger charge is -2.40. The standard InChI is InChI=1S/C25H28ClFN4O2S/c1-17(2)31-16-19-3-4-20(26)13-25(19)30(34(31,32)33)12-11-29-9-7-18(8-10-29)23-15-28-24-14-21(27)5-6-22(23)24/h3-7,13-15,17,28H,8-12,16H2,1-2H3. The SMILES string of the molecule is CC(C)N1Cc2ccc(Cl)cc2N(CCN2CC=C(c3c[nH]c4cc(F)ccc34)CC2)S1(=O)=O. The van der Waals surface area contributed by atoms with Gasteiger partial charge in [0.1, 0.15) is 5.82 Å². The van der Waals surface area contributed by atoms with E-state index >= 15 is 0 Å². The van der Waals surface area contributed by atoms with Gasteiger partial charge in [0.25, 0.3) is 0 Å². The van der Waals surface area contributed by atoms with E-state index in [0.717, 1.165) is 41.5 Å². The van der Waals surface area contributed by atoms with Crippen molar-refractivity contribution in [1.82, 2.24) is 14.2 Å². The van der Waals surface area contributed by atoms with Crippen LogP contribution in [0.5, 0.6) is 0 Å². The number of nitrogens with zero attached hydrogens (tertiary/aromatic N) is 3. The third kappa shape index (κ3) is 4.24. The average molecular weight is 503 g/mol. The molecule has 2 aliphatic rings. The van der Waals surface area contributed by atoms with Crippen molar-refractivity contribution < 1.29 is 12.8 Å². The number of aromatic nitrogens is 1. The van der Waals surface area contributed by atoms with Gasteiger partial charge in [0.05, 0.1) is 5.69 Å². The molecule has 0 unspecified atom stereocenters. The summed E-state index contributed by atoms with van der Waals surface area (Å²) >= 11 is 6.22. The molecule has 180 valence electrons. The van der Waals surface area contributed by atoms with Gasteiger partial charge in [-0.2, -0.15) is 12.7 Å². The molecule has 6 nitrogen and oxygen atoms in total. The highest BCUT2D eigenvalue weighted by Gasteiger charge is 2.38. The lowest BCUT2D eigenvalue weighted by molar-refractivity contribution is 0.305. The third-order valence-electron chi connectivity index (χ3n) is 6.70. The van der Waals surface area contributed by atoms with Crippen molar-refractivity contribution in [3.8, 4) is 0 Å². The Labute approximate surface area is 204 Å². The largest absolute Gasteiger partial charge is 0.360 e. The number of hydrogen-bond acceptors (Lipinski definition) is 3. The second kappa shape index (κ2) is 9.00. The first kappa shape index (κ1) is 23.4. The predicted molar refractivity (Wildman–Crippen MR) is 136 cm³/mol. The average Bonchev–Trinajstić information content (AvgIpc) is 3.21. The smallest absolute Gasteiger partial charge is 0.304 e. The van der Waals surface area contributed by atoms with Gasteiger partial charge >= 0.3 is 10.2 Å². The zero-order chi connectivity index (χ0) is 24.0. The maximum absolute atomic E-state index is 13.5. The van der Waals surface area contributed by atoms with Gasteiger partial charge in [-0.25, -0.2) is 4.39 Å². The Bertz CT molecular complexity index is 1370. The maximum Gasteiger partial charge on any atom is 0.304 e. The molecule has 0 saturated carbocycles. The molecule has 9 heteroatoms. The molecule has 3 aromatic rings. The summed E-state index contributed by atoms with van der Waals surface area (Å²) in [6.07, 6.45) is 4.97. The second-order valence-corrected chi connectivity index (χ2v) is 11.4. The van der Waals surface area contributed by atoms with Gasteiger partial charge in [-0.05, 0) is 61.7 Å². The van der Waals surface area contributed by atoms with Gasteiger partial charge in [-0.15, -0.1) is 0 Å². The number of fused-ring (bicyclic) bond motifs is 2. The lowest BCUT2D eigenvalue weighted by atomic mass is 9.99. The summed E-state index contributed by atoms with van der Waals surface area (Å²) in [5, 5.41) is 1.55. The molecule has 2 aromatic carbocycles. The first-order valence-corrected chi connectivity index (χ1v) is 13.3. The molecule has 0 atom stereocenters. The highest BCUT2D eigenvalue weighted by molar-refractivity contribution is 7.90. The topological polar surface area (TPSA) is 59.6 Å². The summed E-state index contributed by atoms with van der Waals surface area (Å²) in [5.41, 5.74) is 4.75. The maximum atomic E-state index is 13.5. The minimum Gasteiger partial charge on any atom is -0.360 e. The normalized spacial score (nSPS) is 19.0. The van der Waals surface area contributed by atoms with Crippen LogP contribution in [0.3, 0.4) is 0 Å². The van der Waals surface area contributed by atoms with Gasteiger partial charge in [0.2, 0.25) is 0 Å². The summed E-state index contributed by atoms with van der Waals surface area (Å²) in [6, 6.07) is 10.1. The molecule has 0 aliphatic carbocycles. The number of rotatable bonds is 5. The quantitative estimate of drug-likeness (QED) is 0.532. The monoisotopic (exact) mass is 502 g/mol. The van der Waals surface area contributed by atoms with Crippen molar-refractivity contribution >= 4 is 44.0 Å². The van der Waals surface area contributed by atoms with Crippen molar-refractivity contribution in [3.63, 3.8) is 0 Å². The van der Waals surface area contributed by atoms with Gasteiger partial charge in [-0.3, -0.25) is 9.21 Å². The van der Waals surface area contributed by atoms with E-state index < -0.39 is 10.2 Å². The minimum atomic E-state index is -3.64. The summed E-state index contributed by atoms with van der Waals surface area (Å²) < 4.78 is 43.4. The molecular formula is C25H28ClFN4O2S. The highest BCUT2D eigenvalue weighted by atomic mass is 35.5.